The summed E-state index contributed by atoms with van der Waals surface area (Å²) < 4.78 is 0. The molecule has 0 bridgehead atoms. The molecule has 1 aromatic rings. The number of nitrogens with one attached hydrogen (secondary N) is 1. The fourth-order valence-electron chi connectivity index (χ4n) is 2.41. The predicted molar refractivity (Wildman–Crippen MR) is 76.5 cm³/mol. The highest BCUT2D eigenvalue weighted by molar-refractivity contribution is 5.34. The van der Waals surface area contributed by atoms with Crippen molar-refractivity contribution < 1.29 is 0 Å². The lowest BCUT2D eigenvalue weighted by Gasteiger charge is -2.35. The number of aryl methyl sites for hydroxylation is 2. The maximum Gasteiger partial charge on any atom is 0.000780 e. The second kappa shape index (κ2) is 5.68. The van der Waals surface area contributed by atoms with E-state index in [1.54, 1.807) is 0 Å². The normalized spacial score (nSPS) is 15.0. The van der Waals surface area contributed by atoms with Crippen LogP contribution < -0.4 is 5.32 Å². The van der Waals surface area contributed by atoms with Crippen molar-refractivity contribution in [2.45, 2.75) is 41.0 Å². The monoisotopic (exact) mass is 233 g/mol. The Morgan fingerprint density at radius 2 is 1.71 bits per heavy atom. The summed E-state index contributed by atoms with van der Waals surface area (Å²) in [5, 5.41) is 3.35. The second-order valence-corrected chi connectivity index (χ2v) is 5.89. The van der Waals surface area contributed by atoms with Gasteiger partial charge in [0.25, 0.3) is 0 Å². The molecule has 0 heterocycles. The number of rotatable bonds is 5. The lowest BCUT2D eigenvalue weighted by Crippen LogP contribution is -2.36. The van der Waals surface area contributed by atoms with Crippen molar-refractivity contribution >= 4 is 0 Å². The number of benzene rings is 1. The molecule has 0 amide bonds. The quantitative estimate of drug-likeness (QED) is 0.817. The Hall–Kier alpha value is -0.820. The Morgan fingerprint density at radius 1 is 1.18 bits per heavy atom. The molecule has 1 atom stereocenters. The van der Waals surface area contributed by atoms with Gasteiger partial charge in [0.05, 0.1) is 0 Å². The van der Waals surface area contributed by atoms with Crippen LogP contribution in [0.5, 0.6) is 0 Å². The van der Waals surface area contributed by atoms with Crippen LogP contribution in [0.25, 0.3) is 0 Å². The number of hydrogen-bond donors (Lipinski definition) is 1. The zero-order valence-electron chi connectivity index (χ0n) is 12.2. The fourth-order valence-corrected chi connectivity index (χ4v) is 2.41. The lowest BCUT2D eigenvalue weighted by molar-refractivity contribution is 0.212. The molecule has 0 aliphatic heterocycles. The highest BCUT2D eigenvalue weighted by atomic mass is 14.8. The summed E-state index contributed by atoms with van der Waals surface area (Å²) in [6.45, 7) is 12.6. The summed E-state index contributed by atoms with van der Waals surface area (Å²) in [6.07, 6.45) is 1.16. The molecule has 0 fully saturated rings. The highest BCUT2D eigenvalue weighted by Crippen LogP contribution is 2.32. The molecule has 1 aromatic carbocycles. The van der Waals surface area contributed by atoms with Crippen LogP contribution in [0.15, 0.2) is 18.2 Å². The minimum atomic E-state index is 0.325. The van der Waals surface area contributed by atoms with Gasteiger partial charge in [0.2, 0.25) is 0 Å². The molecular formula is C16H27N. The molecule has 1 rings (SSSR count). The van der Waals surface area contributed by atoms with Gasteiger partial charge in [-0.1, -0.05) is 39.0 Å². The first kappa shape index (κ1) is 14.2. The van der Waals surface area contributed by atoms with Gasteiger partial charge in [-0.05, 0) is 55.3 Å². The van der Waals surface area contributed by atoms with Crippen molar-refractivity contribution in [3.63, 3.8) is 0 Å². The van der Waals surface area contributed by atoms with Gasteiger partial charge < -0.3 is 5.32 Å². The maximum absolute atomic E-state index is 3.35. The van der Waals surface area contributed by atoms with E-state index in [0.717, 1.165) is 13.0 Å². The largest absolute Gasteiger partial charge is 0.319 e. The molecule has 0 radical (unpaired) electrons. The van der Waals surface area contributed by atoms with Crippen LogP contribution in [0, 0.1) is 25.2 Å². The molecule has 1 N–H and O–H groups in total. The Morgan fingerprint density at radius 3 is 2.12 bits per heavy atom. The first-order valence-electron chi connectivity index (χ1n) is 6.60. The second-order valence-electron chi connectivity index (χ2n) is 5.89. The van der Waals surface area contributed by atoms with Crippen molar-refractivity contribution in [2.75, 3.05) is 13.6 Å². The Labute approximate surface area is 107 Å². The molecular weight excluding hydrogens is 206 g/mol. The van der Waals surface area contributed by atoms with E-state index in [1.807, 2.05) is 7.05 Å². The van der Waals surface area contributed by atoms with E-state index in [0.29, 0.717) is 11.3 Å². The van der Waals surface area contributed by atoms with Crippen molar-refractivity contribution in [2.24, 2.45) is 11.3 Å². The standard InChI is InChI=1S/C16H27N/c1-12(2)16(5,11-17-6)10-15-13(3)8-7-9-14(15)4/h7-9,12,17H,10-11H2,1-6H3. The fraction of sp³-hybridized carbons (Fsp3) is 0.625. The van der Waals surface area contributed by atoms with Crippen LogP contribution in [-0.4, -0.2) is 13.6 Å². The molecule has 17 heavy (non-hydrogen) atoms. The summed E-state index contributed by atoms with van der Waals surface area (Å²) >= 11 is 0. The highest BCUT2D eigenvalue weighted by Gasteiger charge is 2.28. The van der Waals surface area contributed by atoms with Crippen LogP contribution in [-0.2, 0) is 6.42 Å². The van der Waals surface area contributed by atoms with Gasteiger partial charge in [0.1, 0.15) is 0 Å². The minimum Gasteiger partial charge on any atom is -0.319 e. The molecule has 1 unspecified atom stereocenters. The third-order valence-corrected chi connectivity index (χ3v) is 4.20. The van der Waals surface area contributed by atoms with Gasteiger partial charge >= 0.3 is 0 Å². The maximum atomic E-state index is 3.35. The molecule has 0 aliphatic carbocycles. The van der Waals surface area contributed by atoms with E-state index >= 15 is 0 Å². The average molecular weight is 233 g/mol. The van der Waals surface area contributed by atoms with Gasteiger partial charge in [0.15, 0.2) is 0 Å². The zero-order valence-corrected chi connectivity index (χ0v) is 12.2. The molecule has 1 heteroatoms. The molecule has 0 spiro atoms. The van der Waals surface area contributed by atoms with E-state index in [-0.39, 0.29) is 0 Å². The van der Waals surface area contributed by atoms with Gasteiger partial charge in [0, 0.05) is 6.54 Å². The van der Waals surface area contributed by atoms with Gasteiger partial charge in [-0.15, -0.1) is 0 Å². The summed E-state index contributed by atoms with van der Waals surface area (Å²) in [4.78, 5) is 0. The average Bonchev–Trinajstić information content (AvgIpc) is 2.24. The zero-order chi connectivity index (χ0) is 13.1. The lowest BCUT2D eigenvalue weighted by atomic mass is 9.73. The summed E-state index contributed by atoms with van der Waals surface area (Å²) in [6, 6.07) is 6.60. The van der Waals surface area contributed by atoms with Gasteiger partial charge in [-0.2, -0.15) is 0 Å². The van der Waals surface area contributed by atoms with E-state index in [2.05, 4.69) is 58.1 Å². The van der Waals surface area contributed by atoms with Crippen LogP contribution in [0.3, 0.4) is 0 Å². The van der Waals surface area contributed by atoms with Crippen LogP contribution in [0.2, 0.25) is 0 Å². The first-order chi connectivity index (χ1) is 7.90. The minimum absolute atomic E-state index is 0.325. The summed E-state index contributed by atoms with van der Waals surface area (Å²) in [5.41, 5.74) is 4.70. The Kier molecular flexibility index (Phi) is 4.76. The van der Waals surface area contributed by atoms with Crippen molar-refractivity contribution in [1.82, 2.24) is 5.32 Å². The molecule has 96 valence electrons. The predicted octanol–water partition coefficient (Wildman–Crippen LogP) is 3.73. The van der Waals surface area contributed by atoms with E-state index in [4.69, 9.17) is 0 Å². The number of hydrogen-bond acceptors (Lipinski definition) is 1. The Balaban J connectivity index is 3.02. The van der Waals surface area contributed by atoms with Crippen LogP contribution >= 0.6 is 0 Å². The van der Waals surface area contributed by atoms with E-state index in [9.17, 15) is 0 Å². The SMILES string of the molecule is CNCC(C)(Cc1c(C)cccc1C)C(C)C. The molecule has 1 nitrogen and oxygen atoms in total. The van der Waals surface area contributed by atoms with Crippen LogP contribution in [0.1, 0.15) is 37.5 Å². The third kappa shape index (κ3) is 3.32. The van der Waals surface area contributed by atoms with Crippen molar-refractivity contribution in [1.29, 1.82) is 0 Å². The molecule has 0 saturated heterocycles. The molecule has 0 aliphatic rings. The van der Waals surface area contributed by atoms with Crippen molar-refractivity contribution in [3.05, 3.63) is 34.9 Å². The smallest absolute Gasteiger partial charge is 0.000780 e. The Bertz CT molecular complexity index is 348. The van der Waals surface area contributed by atoms with Crippen molar-refractivity contribution in [3.8, 4) is 0 Å². The van der Waals surface area contributed by atoms with Gasteiger partial charge in [-0.3, -0.25) is 0 Å². The molecule has 0 aromatic heterocycles. The molecule has 0 saturated carbocycles. The first-order valence-corrected chi connectivity index (χ1v) is 6.60. The van der Waals surface area contributed by atoms with E-state index < -0.39 is 0 Å². The van der Waals surface area contributed by atoms with E-state index in [1.165, 1.54) is 16.7 Å². The van der Waals surface area contributed by atoms with Gasteiger partial charge in [-0.25, -0.2) is 0 Å². The van der Waals surface area contributed by atoms with Crippen LogP contribution in [0.4, 0.5) is 0 Å². The summed E-state index contributed by atoms with van der Waals surface area (Å²) in [5.74, 6) is 0.675. The summed E-state index contributed by atoms with van der Waals surface area (Å²) in [7, 11) is 2.05. The third-order valence-electron chi connectivity index (χ3n) is 4.20. The topological polar surface area (TPSA) is 12.0 Å².